The van der Waals surface area contributed by atoms with Crippen molar-refractivity contribution in [2.24, 2.45) is 0 Å². The predicted molar refractivity (Wildman–Crippen MR) is 86.1 cm³/mol. The van der Waals surface area contributed by atoms with E-state index in [9.17, 15) is 18.4 Å². The highest BCUT2D eigenvalue weighted by molar-refractivity contribution is 5.95. The molecule has 2 amide bonds. The quantitative estimate of drug-likeness (QED) is 0.797. The van der Waals surface area contributed by atoms with Gasteiger partial charge in [-0.3, -0.25) is 4.90 Å². The second-order valence-corrected chi connectivity index (χ2v) is 5.26. The number of urea groups is 1. The molecule has 2 rings (SSSR count). The lowest BCUT2D eigenvalue weighted by Gasteiger charge is -2.35. The Labute approximate surface area is 144 Å². The van der Waals surface area contributed by atoms with Gasteiger partial charge in [-0.1, -0.05) is 18.2 Å². The van der Waals surface area contributed by atoms with Gasteiger partial charge in [0.05, 0.1) is 18.2 Å². The molecule has 1 N–H and O–H groups in total. The first-order chi connectivity index (χ1) is 11.9. The Bertz CT molecular complexity index is 691. The van der Waals surface area contributed by atoms with Crippen molar-refractivity contribution >= 4 is 12.0 Å². The number of carbonyl (C=O) groups is 2. The number of hydrogen-bond acceptors (Lipinski definition) is 4. The van der Waals surface area contributed by atoms with E-state index in [1.165, 1.54) is 23.1 Å². The van der Waals surface area contributed by atoms with Crippen LogP contribution in [0.15, 0.2) is 35.5 Å². The fraction of sp³-hybridized carbons (Fsp3) is 0.412. The van der Waals surface area contributed by atoms with E-state index in [0.717, 1.165) is 0 Å². The lowest BCUT2D eigenvalue weighted by atomic mass is 9.94. The average molecular weight is 354 g/mol. The number of halogens is 2. The van der Waals surface area contributed by atoms with Crippen molar-refractivity contribution < 1.29 is 27.8 Å². The largest absolute Gasteiger partial charge is 0.463 e. The number of hydrogen-bond donors (Lipinski definition) is 1. The Morgan fingerprint density at radius 3 is 2.60 bits per heavy atom. The third kappa shape index (κ3) is 3.89. The molecule has 1 aromatic rings. The number of ether oxygens (including phenoxy) is 2. The van der Waals surface area contributed by atoms with Gasteiger partial charge >= 0.3 is 18.6 Å². The summed E-state index contributed by atoms with van der Waals surface area (Å²) < 4.78 is 35.0. The third-order valence-electron chi connectivity index (χ3n) is 3.85. The summed E-state index contributed by atoms with van der Waals surface area (Å²) in [7, 11) is 0. The third-order valence-corrected chi connectivity index (χ3v) is 3.85. The van der Waals surface area contributed by atoms with Gasteiger partial charge in [-0.15, -0.1) is 0 Å². The Morgan fingerprint density at radius 2 is 2.00 bits per heavy atom. The molecule has 1 aliphatic heterocycles. The molecule has 1 atom stereocenters. The maximum atomic E-state index is 12.7. The summed E-state index contributed by atoms with van der Waals surface area (Å²) in [5.74, 6) is -0.724. The van der Waals surface area contributed by atoms with E-state index >= 15 is 0 Å². The van der Waals surface area contributed by atoms with E-state index in [4.69, 9.17) is 4.74 Å². The van der Waals surface area contributed by atoms with Crippen LogP contribution >= 0.6 is 0 Å². The average Bonchev–Trinajstić information content (AvgIpc) is 2.54. The first-order valence-corrected chi connectivity index (χ1v) is 7.90. The summed E-state index contributed by atoms with van der Waals surface area (Å²) in [6.07, 6.45) is 0. The Balaban J connectivity index is 2.56. The fourth-order valence-corrected chi connectivity index (χ4v) is 2.79. The predicted octanol–water partition coefficient (Wildman–Crippen LogP) is 3.21. The van der Waals surface area contributed by atoms with E-state index in [1.54, 1.807) is 26.8 Å². The number of para-hydroxylation sites is 1. The van der Waals surface area contributed by atoms with Crippen LogP contribution in [0.5, 0.6) is 5.75 Å². The van der Waals surface area contributed by atoms with E-state index in [1.807, 2.05) is 0 Å². The summed E-state index contributed by atoms with van der Waals surface area (Å²) in [5.41, 5.74) is 0.865. The number of carbonyl (C=O) groups excluding carboxylic acids is 2. The molecule has 0 saturated heterocycles. The number of rotatable bonds is 6. The standard InChI is InChI=1S/C17H20F2N2O4/c1-4-21-10(3)13(15(22)24-5-2)14(20-17(21)23)11-8-6-7-9-12(11)25-16(18)19/h6-9,14,16H,4-5H2,1-3H3,(H,20,23)/t14-/m1/s1. The van der Waals surface area contributed by atoms with Gasteiger partial charge in [-0.2, -0.15) is 8.78 Å². The SMILES string of the molecule is CCOC(=O)C1=C(C)N(CC)C(=O)N[C@@H]1c1ccccc1OC(F)F. The Morgan fingerprint density at radius 1 is 1.32 bits per heavy atom. The van der Waals surface area contributed by atoms with Gasteiger partial charge < -0.3 is 14.8 Å². The molecule has 0 unspecified atom stereocenters. The van der Waals surface area contributed by atoms with Crippen LogP contribution in [0, 0.1) is 0 Å². The van der Waals surface area contributed by atoms with E-state index in [0.29, 0.717) is 12.2 Å². The van der Waals surface area contributed by atoms with Gasteiger partial charge in [0.2, 0.25) is 0 Å². The maximum absolute atomic E-state index is 12.7. The first-order valence-electron chi connectivity index (χ1n) is 7.90. The molecule has 25 heavy (non-hydrogen) atoms. The molecule has 8 heteroatoms. The number of nitrogens with one attached hydrogen (secondary N) is 1. The van der Waals surface area contributed by atoms with Crippen LogP contribution in [0.2, 0.25) is 0 Å². The molecular formula is C17H20F2N2O4. The second-order valence-electron chi connectivity index (χ2n) is 5.26. The fourth-order valence-electron chi connectivity index (χ4n) is 2.79. The molecular weight excluding hydrogens is 334 g/mol. The van der Waals surface area contributed by atoms with E-state index in [-0.39, 0.29) is 23.5 Å². The molecule has 0 saturated carbocycles. The van der Waals surface area contributed by atoms with Crippen LogP contribution in [0.25, 0.3) is 0 Å². The van der Waals surface area contributed by atoms with Crippen LogP contribution in [-0.4, -0.2) is 36.7 Å². The van der Waals surface area contributed by atoms with E-state index < -0.39 is 24.7 Å². The number of benzene rings is 1. The van der Waals surface area contributed by atoms with Crippen molar-refractivity contribution in [2.45, 2.75) is 33.4 Å². The number of esters is 1. The zero-order valence-corrected chi connectivity index (χ0v) is 14.2. The van der Waals surface area contributed by atoms with Gasteiger partial charge in [-0.25, -0.2) is 9.59 Å². The smallest absolute Gasteiger partial charge is 0.387 e. The summed E-state index contributed by atoms with van der Waals surface area (Å²) in [6, 6.07) is 4.66. The number of allylic oxidation sites excluding steroid dienone is 1. The first kappa shape index (κ1) is 18.7. The molecule has 0 radical (unpaired) electrons. The van der Waals surface area contributed by atoms with Crippen molar-refractivity contribution in [3.8, 4) is 5.75 Å². The van der Waals surface area contributed by atoms with Crippen molar-refractivity contribution in [3.63, 3.8) is 0 Å². The Hall–Kier alpha value is -2.64. The minimum Gasteiger partial charge on any atom is -0.463 e. The molecule has 0 spiro atoms. The number of amides is 2. The van der Waals surface area contributed by atoms with Crippen molar-refractivity contribution in [2.75, 3.05) is 13.2 Å². The molecule has 136 valence electrons. The zero-order chi connectivity index (χ0) is 18.6. The highest BCUT2D eigenvalue weighted by Gasteiger charge is 2.37. The van der Waals surface area contributed by atoms with Crippen LogP contribution in [-0.2, 0) is 9.53 Å². The zero-order valence-electron chi connectivity index (χ0n) is 14.2. The summed E-state index contributed by atoms with van der Waals surface area (Å²) in [6.45, 7) is 2.53. The molecule has 0 bridgehead atoms. The molecule has 0 aromatic heterocycles. The van der Waals surface area contributed by atoms with Crippen LogP contribution < -0.4 is 10.1 Å². The topological polar surface area (TPSA) is 67.9 Å². The summed E-state index contributed by atoms with van der Waals surface area (Å²) in [5, 5.41) is 2.67. The van der Waals surface area contributed by atoms with Crippen molar-refractivity contribution in [1.82, 2.24) is 10.2 Å². The summed E-state index contributed by atoms with van der Waals surface area (Å²) >= 11 is 0. The van der Waals surface area contributed by atoms with Crippen LogP contribution in [0.4, 0.5) is 13.6 Å². The monoisotopic (exact) mass is 354 g/mol. The number of alkyl halides is 2. The van der Waals surface area contributed by atoms with Crippen LogP contribution in [0.3, 0.4) is 0 Å². The molecule has 6 nitrogen and oxygen atoms in total. The highest BCUT2D eigenvalue weighted by atomic mass is 19.3. The van der Waals surface area contributed by atoms with Crippen molar-refractivity contribution in [1.29, 1.82) is 0 Å². The van der Waals surface area contributed by atoms with E-state index in [2.05, 4.69) is 10.1 Å². The molecule has 0 aliphatic carbocycles. The minimum atomic E-state index is -3.02. The van der Waals surface area contributed by atoms with Gasteiger partial charge in [0.25, 0.3) is 0 Å². The number of nitrogens with zero attached hydrogens (tertiary/aromatic N) is 1. The Kier molecular flexibility index (Phi) is 5.95. The molecule has 1 aromatic carbocycles. The minimum absolute atomic E-state index is 0.109. The maximum Gasteiger partial charge on any atom is 0.387 e. The van der Waals surface area contributed by atoms with Gasteiger partial charge in [0, 0.05) is 17.8 Å². The van der Waals surface area contributed by atoms with Crippen molar-refractivity contribution in [3.05, 3.63) is 41.1 Å². The molecule has 1 heterocycles. The lowest BCUT2D eigenvalue weighted by Crippen LogP contribution is -2.48. The second kappa shape index (κ2) is 7.96. The normalized spacial score (nSPS) is 17.6. The highest BCUT2D eigenvalue weighted by Crippen LogP contribution is 2.36. The summed E-state index contributed by atoms with van der Waals surface area (Å²) in [4.78, 5) is 26.2. The van der Waals surface area contributed by atoms with Gasteiger partial charge in [-0.05, 0) is 26.8 Å². The van der Waals surface area contributed by atoms with Crippen LogP contribution in [0.1, 0.15) is 32.4 Å². The molecule has 1 aliphatic rings. The van der Waals surface area contributed by atoms with Gasteiger partial charge in [0.15, 0.2) is 0 Å². The van der Waals surface area contributed by atoms with Gasteiger partial charge in [0.1, 0.15) is 5.75 Å². The lowest BCUT2D eigenvalue weighted by molar-refractivity contribution is -0.139. The molecule has 0 fully saturated rings.